The number of hydrogen-bond acceptors (Lipinski definition) is 6. The zero-order chi connectivity index (χ0) is 26.1. The Bertz CT molecular complexity index is 1300. The van der Waals surface area contributed by atoms with E-state index in [1.165, 1.54) is 13.3 Å². The molecule has 3 aromatic carbocycles. The Labute approximate surface area is 209 Å². The standard InChI is InChI=1S/C27H28N4O5/c1-17-6-5-7-21(13-17)29-26(33)27(34)31-28-15-20-9-11-23(24(14-20)35-4)36-16-25(32)30-22-10-8-18(2)12-19(22)3/h5-15H,16H2,1-4H3,(H,29,33)(H,30,32)(H,31,34)/b28-15-. The van der Waals surface area contributed by atoms with Crippen molar-refractivity contribution >= 4 is 35.3 Å². The first kappa shape index (κ1) is 26.0. The first-order valence-electron chi connectivity index (χ1n) is 11.1. The number of rotatable bonds is 8. The third-order valence-electron chi connectivity index (χ3n) is 5.06. The molecule has 3 aromatic rings. The minimum absolute atomic E-state index is 0.205. The van der Waals surface area contributed by atoms with Crippen LogP contribution in [0.4, 0.5) is 11.4 Å². The number of hydrazone groups is 1. The molecule has 0 aromatic heterocycles. The molecule has 9 heteroatoms. The lowest BCUT2D eigenvalue weighted by Gasteiger charge is -2.12. The van der Waals surface area contributed by atoms with Gasteiger partial charge in [-0.05, 0) is 73.9 Å². The fourth-order valence-corrected chi connectivity index (χ4v) is 3.29. The summed E-state index contributed by atoms with van der Waals surface area (Å²) in [6.07, 6.45) is 1.36. The first-order chi connectivity index (χ1) is 17.2. The number of aryl methyl sites for hydroxylation is 3. The molecule has 0 fully saturated rings. The summed E-state index contributed by atoms with van der Waals surface area (Å²) in [5.41, 5.74) is 7.03. The SMILES string of the molecule is COc1cc(/C=N\NC(=O)C(=O)Nc2cccc(C)c2)ccc1OCC(=O)Nc1ccc(C)cc1C. The van der Waals surface area contributed by atoms with Crippen LogP contribution in [0.1, 0.15) is 22.3 Å². The Morgan fingerprint density at radius 2 is 1.64 bits per heavy atom. The van der Waals surface area contributed by atoms with Gasteiger partial charge in [0.1, 0.15) is 0 Å². The molecule has 9 nitrogen and oxygen atoms in total. The first-order valence-corrected chi connectivity index (χ1v) is 11.1. The van der Waals surface area contributed by atoms with E-state index >= 15 is 0 Å². The normalized spacial score (nSPS) is 10.6. The number of nitrogens with zero attached hydrogens (tertiary/aromatic N) is 1. The van der Waals surface area contributed by atoms with Crippen molar-refractivity contribution in [1.29, 1.82) is 0 Å². The van der Waals surface area contributed by atoms with Gasteiger partial charge in [-0.3, -0.25) is 14.4 Å². The molecule has 3 N–H and O–H groups in total. The van der Waals surface area contributed by atoms with E-state index in [2.05, 4.69) is 21.2 Å². The van der Waals surface area contributed by atoms with Gasteiger partial charge in [0.05, 0.1) is 13.3 Å². The number of ether oxygens (including phenoxy) is 2. The number of carbonyl (C=O) groups excluding carboxylic acids is 3. The number of benzene rings is 3. The predicted octanol–water partition coefficient (Wildman–Crippen LogP) is 3.73. The van der Waals surface area contributed by atoms with Crippen LogP contribution in [-0.4, -0.2) is 37.7 Å². The van der Waals surface area contributed by atoms with Crippen molar-refractivity contribution in [3.8, 4) is 11.5 Å². The van der Waals surface area contributed by atoms with Crippen LogP contribution < -0.4 is 25.5 Å². The van der Waals surface area contributed by atoms with Crippen LogP contribution in [0.5, 0.6) is 11.5 Å². The van der Waals surface area contributed by atoms with Crippen LogP contribution in [0, 0.1) is 20.8 Å². The van der Waals surface area contributed by atoms with Crippen LogP contribution in [0.15, 0.2) is 65.8 Å². The summed E-state index contributed by atoms with van der Waals surface area (Å²) in [6.45, 7) is 5.58. The molecule has 186 valence electrons. The van der Waals surface area contributed by atoms with Gasteiger partial charge in [0.15, 0.2) is 18.1 Å². The molecule has 0 atom stereocenters. The fourth-order valence-electron chi connectivity index (χ4n) is 3.29. The maximum Gasteiger partial charge on any atom is 0.329 e. The van der Waals surface area contributed by atoms with Crippen LogP contribution in [-0.2, 0) is 14.4 Å². The van der Waals surface area contributed by atoms with Crippen molar-refractivity contribution < 1.29 is 23.9 Å². The van der Waals surface area contributed by atoms with Crippen LogP contribution in [0.3, 0.4) is 0 Å². The van der Waals surface area contributed by atoms with Gasteiger partial charge in [0.25, 0.3) is 5.91 Å². The molecule has 0 radical (unpaired) electrons. The van der Waals surface area contributed by atoms with Crippen molar-refractivity contribution in [2.24, 2.45) is 5.10 Å². The van der Waals surface area contributed by atoms with Crippen LogP contribution in [0.25, 0.3) is 0 Å². The van der Waals surface area contributed by atoms with Crippen LogP contribution >= 0.6 is 0 Å². The highest BCUT2D eigenvalue weighted by atomic mass is 16.5. The molecule has 0 heterocycles. The van der Waals surface area contributed by atoms with E-state index in [1.54, 1.807) is 36.4 Å². The van der Waals surface area contributed by atoms with E-state index in [-0.39, 0.29) is 12.5 Å². The van der Waals surface area contributed by atoms with Gasteiger partial charge in [0, 0.05) is 11.4 Å². The highest BCUT2D eigenvalue weighted by molar-refractivity contribution is 6.39. The smallest absolute Gasteiger partial charge is 0.329 e. The Balaban J connectivity index is 1.53. The lowest BCUT2D eigenvalue weighted by molar-refractivity contribution is -0.136. The van der Waals surface area contributed by atoms with Gasteiger partial charge in [-0.15, -0.1) is 0 Å². The zero-order valence-corrected chi connectivity index (χ0v) is 20.5. The van der Waals surface area contributed by atoms with Gasteiger partial charge in [-0.25, -0.2) is 5.43 Å². The van der Waals surface area contributed by atoms with Crippen molar-refractivity contribution in [2.75, 3.05) is 24.4 Å². The van der Waals surface area contributed by atoms with E-state index in [4.69, 9.17) is 9.47 Å². The summed E-state index contributed by atoms with van der Waals surface area (Å²) < 4.78 is 11.0. The van der Waals surface area contributed by atoms with Crippen molar-refractivity contribution in [1.82, 2.24) is 5.43 Å². The number of carbonyl (C=O) groups is 3. The maximum atomic E-state index is 12.3. The Morgan fingerprint density at radius 3 is 2.36 bits per heavy atom. The van der Waals surface area contributed by atoms with E-state index in [9.17, 15) is 14.4 Å². The minimum atomic E-state index is -0.908. The number of nitrogens with one attached hydrogen (secondary N) is 3. The van der Waals surface area contributed by atoms with Gasteiger partial charge >= 0.3 is 11.8 Å². The summed E-state index contributed by atoms with van der Waals surface area (Å²) in [5, 5.41) is 9.15. The summed E-state index contributed by atoms with van der Waals surface area (Å²) in [6, 6.07) is 17.8. The quantitative estimate of drug-likeness (QED) is 0.254. The zero-order valence-electron chi connectivity index (χ0n) is 20.5. The van der Waals surface area contributed by atoms with Gasteiger partial charge < -0.3 is 20.1 Å². The maximum absolute atomic E-state index is 12.3. The second kappa shape index (κ2) is 12.2. The molecule has 3 rings (SSSR count). The van der Waals surface area contributed by atoms with Gasteiger partial charge in [0.2, 0.25) is 0 Å². The molecule has 0 unspecified atom stereocenters. The van der Waals surface area contributed by atoms with E-state index in [0.29, 0.717) is 22.7 Å². The van der Waals surface area contributed by atoms with Crippen molar-refractivity contribution in [2.45, 2.75) is 20.8 Å². The monoisotopic (exact) mass is 488 g/mol. The molecule has 0 bridgehead atoms. The third kappa shape index (κ3) is 7.42. The average molecular weight is 489 g/mol. The molecule has 3 amide bonds. The van der Waals surface area contributed by atoms with Crippen molar-refractivity contribution in [3.63, 3.8) is 0 Å². The molecule has 0 aliphatic heterocycles. The second-order valence-electron chi connectivity index (χ2n) is 8.09. The summed E-state index contributed by atoms with van der Waals surface area (Å²) >= 11 is 0. The number of amides is 3. The third-order valence-corrected chi connectivity index (χ3v) is 5.06. The van der Waals surface area contributed by atoms with E-state index in [1.807, 2.05) is 45.0 Å². The predicted molar refractivity (Wildman–Crippen MR) is 139 cm³/mol. The molecule has 0 aliphatic carbocycles. The largest absolute Gasteiger partial charge is 0.493 e. The van der Waals surface area contributed by atoms with Crippen molar-refractivity contribution in [3.05, 3.63) is 82.9 Å². The van der Waals surface area contributed by atoms with E-state index in [0.717, 1.165) is 22.4 Å². The summed E-state index contributed by atoms with van der Waals surface area (Å²) in [5.74, 6) is -1.30. The second-order valence-corrected chi connectivity index (χ2v) is 8.09. The number of hydrogen-bond donors (Lipinski definition) is 3. The molecule has 0 spiro atoms. The molecule has 36 heavy (non-hydrogen) atoms. The molecule has 0 aliphatic rings. The number of methoxy groups -OCH3 is 1. The Hall–Kier alpha value is -4.66. The fraction of sp³-hybridized carbons (Fsp3) is 0.185. The average Bonchev–Trinajstić information content (AvgIpc) is 2.84. The Kier molecular flexibility index (Phi) is 8.77. The molecule has 0 saturated heterocycles. The summed E-state index contributed by atoms with van der Waals surface area (Å²) in [7, 11) is 1.47. The van der Waals surface area contributed by atoms with Gasteiger partial charge in [-0.2, -0.15) is 5.10 Å². The Morgan fingerprint density at radius 1 is 0.861 bits per heavy atom. The number of anilines is 2. The lowest BCUT2D eigenvalue weighted by atomic mass is 10.1. The van der Waals surface area contributed by atoms with E-state index < -0.39 is 11.8 Å². The molecular formula is C27H28N4O5. The molecular weight excluding hydrogens is 460 g/mol. The highest BCUT2D eigenvalue weighted by Crippen LogP contribution is 2.27. The highest BCUT2D eigenvalue weighted by Gasteiger charge is 2.13. The minimum Gasteiger partial charge on any atom is -0.493 e. The lowest BCUT2D eigenvalue weighted by Crippen LogP contribution is -2.32. The molecule has 0 saturated carbocycles. The van der Waals surface area contributed by atoms with Crippen LogP contribution in [0.2, 0.25) is 0 Å². The topological polar surface area (TPSA) is 118 Å². The van der Waals surface area contributed by atoms with Gasteiger partial charge in [-0.1, -0.05) is 29.8 Å². The summed E-state index contributed by atoms with van der Waals surface area (Å²) in [4.78, 5) is 36.3.